The molecule has 5 aromatic rings. The zero-order valence-corrected chi connectivity index (χ0v) is 25.1. The first kappa shape index (κ1) is 29.6. The number of benzene rings is 3. The van der Waals surface area contributed by atoms with Crippen LogP contribution in [-0.4, -0.2) is 52.0 Å². The highest BCUT2D eigenvalue weighted by Crippen LogP contribution is 2.35. The minimum atomic E-state index is -0.500. The van der Waals surface area contributed by atoms with E-state index < -0.39 is 5.82 Å². The molecule has 0 aliphatic carbocycles. The molecule has 9 nitrogen and oxygen atoms in total. The summed E-state index contributed by atoms with van der Waals surface area (Å²) in [6, 6.07) is 20.1. The molecule has 0 radical (unpaired) electrons. The number of nitrogens with zero attached hydrogens (tertiary/aromatic N) is 4. The van der Waals surface area contributed by atoms with Crippen molar-refractivity contribution in [2.75, 3.05) is 30.8 Å². The van der Waals surface area contributed by atoms with Crippen molar-refractivity contribution in [1.29, 1.82) is 0 Å². The van der Waals surface area contributed by atoms with Crippen LogP contribution in [0.5, 0.6) is 17.2 Å². The molecule has 1 saturated heterocycles. The second-order valence-corrected chi connectivity index (χ2v) is 10.9. The van der Waals surface area contributed by atoms with Crippen molar-refractivity contribution in [1.82, 2.24) is 19.9 Å². The second kappa shape index (κ2) is 13.0. The van der Waals surface area contributed by atoms with E-state index in [1.165, 1.54) is 18.5 Å². The molecule has 228 valence electrons. The number of hydrogen-bond donors (Lipinski definition) is 2. The zero-order chi connectivity index (χ0) is 31.3. The minimum Gasteiger partial charge on any atom is -0.495 e. The maximum atomic E-state index is 15.4. The Hall–Kier alpha value is -5.51. The topological polar surface area (TPSA) is 102 Å². The Kier molecular flexibility index (Phi) is 8.54. The summed E-state index contributed by atoms with van der Waals surface area (Å²) in [5, 5.41) is 7.37. The van der Waals surface area contributed by atoms with E-state index in [4.69, 9.17) is 9.47 Å². The van der Waals surface area contributed by atoms with Crippen LogP contribution in [0.25, 0.3) is 22.2 Å². The van der Waals surface area contributed by atoms with E-state index in [2.05, 4.69) is 32.2 Å². The van der Waals surface area contributed by atoms with Crippen LogP contribution in [0.1, 0.15) is 18.4 Å². The molecule has 6 rings (SSSR count). The van der Waals surface area contributed by atoms with E-state index in [0.717, 1.165) is 35.3 Å². The number of carbonyl (C=O) groups is 1. The SMILES string of the molecule is C=CC(=O)N1CCC(Nc2cc3c(Nc4ccc(Oc5ccnc(-c6ccc(C)cc6)c5)cc4F)ncnc3cc2OC)CC1. The molecule has 45 heavy (non-hydrogen) atoms. The number of fused-ring (bicyclic) bond motifs is 1. The molecule has 2 aromatic heterocycles. The van der Waals surface area contributed by atoms with Crippen molar-refractivity contribution >= 4 is 34.0 Å². The number of ether oxygens (including phenoxy) is 2. The van der Waals surface area contributed by atoms with Crippen LogP contribution in [0.2, 0.25) is 0 Å². The predicted molar refractivity (Wildman–Crippen MR) is 174 cm³/mol. The molecular formula is C35H33FN6O3. The molecule has 0 atom stereocenters. The fraction of sp³-hybridized carbons (Fsp3) is 0.200. The Labute approximate surface area is 260 Å². The average molecular weight is 605 g/mol. The number of carbonyl (C=O) groups excluding carboxylic acids is 1. The van der Waals surface area contributed by atoms with Crippen molar-refractivity contribution in [2.24, 2.45) is 0 Å². The van der Waals surface area contributed by atoms with Gasteiger partial charge in [-0.1, -0.05) is 36.4 Å². The van der Waals surface area contributed by atoms with Gasteiger partial charge >= 0.3 is 0 Å². The van der Waals surface area contributed by atoms with E-state index in [-0.39, 0.29) is 17.6 Å². The number of aryl methyl sites for hydroxylation is 1. The van der Waals surface area contributed by atoms with Gasteiger partial charge in [0.15, 0.2) is 0 Å². The molecule has 1 aliphatic heterocycles. The highest BCUT2D eigenvalue weighted by molar-refractivity contribution is 5.95. The number of piperidine rings is 1. The lowest BCUT2D eigenvalue weighted by Crippen LogP contribution is -2.41. The molecule has 2 N–H and O–H groups in total. The van der Waals surface area contributed by atoms with Crippen LogP contribution in [0.3, 0.4) is 0 Å². The highest BCUT2D eigenvalue weighted by Gasteiger charge is 2.23. The van der Waals surface area contributed by atoms with Crippen molar-refractivity contribution in [3.8, 4) is 28.5 Å². The maximum Gasteiger partial charge on any atom is 0.245 e. The van der Waals surface area contributed by atoms with E-state index >= 15 is 4.39 Å². The monoisotopic (exact) mass is 604 g/mol. The first-order chi connectivity index (χ1) is 21.9. The Morgan fingerprint density at radius 2 is 1.76 bits per heavy atom. The van der Waals surface area contributed by atoms with E-state index in [0.29, 0.717) is 47.1 Å². The molecule has 0 saturated carbocycles. The zero-order valence-electron chi connectivity index (χ0n) is 25.1. The molecule has 1 amide bonds. The summed E-state index contributed by atoms with van der Waals surface area (Å²) in [5.74, 6) is 1.42. The number of pyridine rings is 1. The first-order valence-electron chi connectivity index (χ1n) is 14.7. The fourth-order valence-corrected chi connectivity index (χ4v) is 5.34. The summed E-state index contributed by atoms with van der Waals surface area (Å²) in [6.45, 7) is 6.90. The van der Waals surface area contributed by atoms with Crippen LogP contribution in [-0.2, 0) is 4.79 Å². The lowest BCUT2D eigenvalue weighted by molar-refractivity contribution is -0.126. The number of methoxy groups -OCH3 is 1. The van der Waals surface area contributed by atoms with Crippen molar-refractivity contribution < 1.29 is 18.7 Å². The quantitative estimate of drug-likeness (QED) is 0.169. The van der Waals surface area contributed by atoms with Gasteiger partial charge in [0, 0.05) is 54.5 Å². The molecule has 3 aromatic carbocycles. The standard InChI is InChI=1S/C35H33FN6O3/c1-4-34(43)42-15-12-24(13-16-42)40-32-19-27-31(20-33(32)44-3)38-21-39-35(27)41-29-10-9-25(17-28(29)36)45-26-11-14-37-30(18-26)23-7-5-22(2)6-8-23/h4-11,14,17-21,24,40H,1,12-13,15-16H2,2-3H3,(H,38,39,41). The van der Waals surface area contributed by atoms with E-state index in [9.17, 15) is 4.79 Å². The van der Waals surface area contributed by atoms with E-state index in [1.807, 2.05) is 49.4 Å². The third-order valence-electron chi connectivity index (χ3n) is 7.81. The summed E-state index contributed by atoms with van der Waals surface area (Å²) in [7, 11) is 1.60. The third-order valence-corrected chi connectivity index (χ3v) is 7.81. The molecular weight excluding hydrogens is 571 g/mol. The Balaban J connectivity index is 1.19. The van der Waals surface area contributed by atoms with Gasteiger partial charge < -0.3 is 25.0 Å². The number of halogens is 1. The van der Waals surface area contributed by atoms with Gasteiger partial charge in [-0.15, -0.1) is 0 Å². The fourth-order valence-electron chi connectivity index (χ4n) is 5.34. The second-order valence-electron chi connectivity index (χ2n) is 10.9. The van der Waals surface area contributed by atoms with Gasteiger partial charge in [0.25, 0.3) is 0 Å². The Morgan fingerprint density at radius 3 is 2.49 bits per heavy atom. The van der Waals surface area contributed by atoms with Crippen LogP contribution >= 0.6 is 0 Å². The molecule has 0 spiro atoms. The number of likely N-dealkylation sites (tertiary alicyclic amines) is 1. The lowest BCUT2D eigenvalue weighted by Gasteiger charge is -2.32. The number of amides is 1. The predicted octanol–water partition coefficient (Wildman–Crippen LogP) is 7.27. The largest absolute Gasteiger partial charge is 0.495 e. The van der Waals surface area contributed by atoms with Gasteiger partial charge in [0.1, 0.15) is 35.2 Å². The summed E-state index contributed by atoms with van der Waals surface area (Å²) in [6.07, 6.45) is 6.00. The Bertz CT molecular complexity index is 1860. The number of aromatic nitrogens is 3. The summed E-state index contributed by atoms with van der Waals surface area (Å²) >= 11 is 0. The maximum absolute atomic E-state index is 15.4. The van der Waals surface area contributed by atoms with Gasteiger partial charge in [-0.3, -0.25) is 9.78 Å². The number of rotatable bonds is 9. The number of nitrogens with one attached hydrogen (secondary N) is 2. The molecule has 1 fully saturated rings. The summed E-state index contributed by atoms with van der Waals surface area (Å²) in [5.41, 5.74) is 4.54. The lowest BCUT2D eigenvalue weighted by atomic mass is 10.0. The number of anilines is 3. The molecule has 3 heterocycles. The Morgan fingerprint density at radius 1 is 0.978 bits per heavy atom. The van der Waals surface area contributed by atoms with Crippen molar-refractivity contribution in [2.45, 2.75) is 25.8 Å². The minimum absolute atomic E-state index is 0.0546. The van der Waals surface area contributed by atoms with Crippen molar-refractivity contribution in [3.05, 3.63) is 103 Å². The van der Waals surface area contributed by atoms with Crippen LogP contribution in [0.15, 0.2) is 91.9 Å². The van der Waals surface area contributed by atoms with Crippen molar-refractivity contribution in [3.63, 3.8) is 0 Å². The van der Waals surface area contributed by atoms with Gasteiger partial charge in [-0.2, -0.15) is 0 Å². The molecule has 10 heteroatoms. The van der Waals surface area contributed by atoms with Crippen LogP contribution in [0, 0.1) is 12.7 Å². The van der Waals surface area contributed by atoms with Gasteiger partial charge in [-0.25, -0.2) is 14.4 Å². The van der Waals surface area contributed by atoms with Gasteiger partial charge in [0.05, 0.1) is 29.7 Å². The summed E-state index contributed by atoms with van der Waals surface area (Å²) in [4.78, 5) is 27.0. The molecule has 0 bridgehead atoms. The van der Waals surface area contributed by atoms with Crippen LogP contribution < -0.4 is 20.1 Å². The first-order valence-corrected chi connectivity index (χ1v) is 14.7. The normalized spacial score (nSPS) is 13.4. The molecule has 1 aliphatic rings. The van der Waals surface area contributed by atoms with Crippen LogP contribution in [0.4, 0.5) is 21.6 Å². The van der Waals surface area contributed by atoms with Gasteiger partial charge in [0.2, 0.25) is 5.91 Å². The van der Waals surface area contributed by atoms with E-state index in [1.54, 1.807) is 36.4 Å². The highest BCUT2D eigenvalue weighted by atomic mass is 19.1. The number of hydrogen-bond acceptors (Lipinski definition) is 8. The average Bonchev–Trinajstić information content (AvgIpc) is 3.06. The molecule has 0 unspecified atom stereocenters. The van der Waals surface area contributed by atoms with Gasteiger partial charge in [-0.05, 0) is 50.1 Å². The third kappa shape index (κ3) is 6.70. The summed E-state index contributed by atoms with van der Waals surface area (Å²) < 4.78 is 27.0. The smallest absolute Gasteiger partial charge is 0.245 e.